The van der Waals surface area contributed by atoms with Crippen molar-refractivity contribution in [3.8, 4) is 0 Å². The first-order valence-corrected chi connectivity index (χ1v) is 11.5. The monoisotopic (exact) mass is 426 g/mol. The topological polar surface area (TPSA) is 77.3 Å². The summed E-state index contributed by atoms with van der Waals surface area (Å²) in [5.74, 6) is 1.70. The fraction of sp³-hybridized carbons (Fsp3) is 0.500. The molecule has 0 atom stereocenters. The number of amides is 1. The van der Waals surface area contributed by atoms with E-state index in [1.165, 1.54) is 9.78 Å². The molecule has 1 aliphatic heterocycles. The van der Waals surface area contributed by atoms with E-state index in [1.807, 2.05) is 25.3 Å². The molecule has 0 bridgehead atoms. The number of piperidine rings is 1. The van der Waals surface area contributed by atoms with Gasteiger partial charge in [0.2, 0.25) is 0 Å². The summed E-state index contributed by atoms with van der Waals surface area (Å²) in [5.41, 5.74) is 1.92. The lowest BCUT2D eigenvalue weighted by Gasteiger charge is -2.34. The smallest absolute Gasteiger partial charge is 0.160 e. The van der Waals surface area contributed by atoms with E-state index in [1.54, 1.807) is 11.3 Å². The zero-order valence-corrected chi connectivity index (χ0v) is 18.2. The van der Waals surface area contributed by atoms with Crippen LogP contribution in [0, 0.1) is 5.92 Å². The van der Waals surface area contributed by atoms with Crippen LogP contribution >= 0.6 is 11.3 Å². The minimum Gasteiger partial charge on any atom is -0.530 e. The lowest BCUT2D eigenvalue weighted by Crippen LogP contribution is -2.46. The molecule has 1 fully saturated rings. The Balaban J connectivity index is 1.39. The maximum Gasteiger partial charge on any atom is 0.160 e. The van der Waals surface area contributed by atoms with Crippen LogP contribution in [0.2, 0.25) is 0 Å². The molecule has 160 valence electrons. The van der Waals surface area contributed by atoms with Gasteiger partial charge in [-0.25, -0.2) is 9.97 Å². The van der Waals surface area contributed by atoms with Crippen LogP contribution in [0.5, 0.6) is 0 Å². The fourth-order valence-electron chi connectivity index (χ4n) is 4.20. The largest absolute Gasteiger partial charge is 0.530 e. The van der Waals surface area contributed by atoms with Gasteiger partial charge in [-0.05, 0) is 62.4 Å². The molecular weight excluding hydrogens is 398 g/mol. The zero-order valence-electron chi connectivity index (χ0n) is 17.4. The second kappa shape index (κ2) is 9.57. The van der Waals surface area contributed by atoms with Crippen molar-refractivity contribution in [2.45, 2.75) is 32.7 Å². The van der Waals surface area contributed by atoms with Crippen molar-refractivity contribution in [2.75, 3.05) is 32.7 Å². The van der Waals surface area contributed by atoms with Crippen LogP contribution in [0.4, 0.5) is 4.79 Å². The number of likely N-dealkylation sites (N-methyl/N-ethyl adjacent to an activating group) is 1. The standard InChI is InChI=1S/C22H29N5O2S/c1-2-26(22(28)29)13-12-25-10-7-17(8-11-25)15-20-24-19-6-3-9-23-21(19)27(20)16-18-5-4-14-30-18/h3-6,9,14,17H,2,7-8,10-13,15-16H2,1H3,(H,28,29)/p-1. The Morgan fingerprint density at radius 1 is 1.30 bits per heavy atom. The number of carboxylic acid groups (broad SMARTS) is 1. The number of nitrogens with zero attached hydrogens (tertiary/aromatic N) is 5. The van der Waals surface area contributed by atoms with Gasteiger partial charge in [-0.2, -0.15) is 0 Å². The van der Waals surface area contributed by atoms with Gasteiger partial charge < -0.3 is 24.3 Å². The van der Waals surface area contributed by atoms with Gasteiger partial charge >= 0.3 is 0 Å². The molecule has 0 spiro atoms. The number of fused-ring (bicyclic) bond motifs is 1. The summed E-state index contributed by atoms with van der Waals surface area (Å²) in [4.78, 5) is 25.6. The van der Waals surface area contributed by atoms with E-state index in [0.29, 0.717) is 19.0 Å². The minimum absolute atomic E-state index is 0.479. The molecule has 3 aromatic rings. The lowest BCUT2D eigenvalue weighted by molar-refractivity contribution is -0.265. The van der Waals surface area contributed by atoms with Gasteiger partial charge in [0.25, 0.3) is 0 Å². The summed E-state index contributed by atoms with van der Waals surface area (Å²) in [6.07, 6.45) is 3.92. The van der Waals surface area contributed by atoms with E-state index in [2.05, 4.69) is 32.0 Å². The number of thiophene rings is 1. The molecule has 1 aliphatic rings. The van der Waals surface area contributed by atoms with E-state index >= 15 is 0 Å². The number of pyridine rings is 1. The van der Waals surface area contributed by atoms with Gasteiger partial charge in [0.1, 0.15) is 17.4 Å². The first-order valence-electron chi connectivity index (χ1n) is 10.6. The average molecular weight is 427 g/mol. The van der Waals surface area contributed by atoms with Crippen LogP contribution in [0.3, 0.4) is 0 Å². The highest BCUT2D eigenvalue weighted by Crippen LogP contribution is 2.25. The van der Waals surface area contributed by atoms with Crippen molar-refractivity contribution in [3.05, 3.63) is 46.5 Å². The highest BCUT2D eigenvalue weighted by molar-refractivity contribution is 7.09. The minimum atomic E-state index is -1.08. The van der Waals surface area contributed by atoms with Crippen LogP contribution in [0.15, 0.2) is 35.8 Å². The molecule has 4 rings (SSSR count). The van der Waals surface area contributed by atoms with E-state index in [-0.39, 0.29) is 0 Å². The van der Waals surface area contributed by atoms with Crippen molar-refractivity contribution in [1.82, 2.24) is 24.3 Å². The van der Waals surface area contributed by atoms with Crippen molar-refractivity contribution in [3.63, 3.8) is 0 Å². The SMILES string of the molecule is CCN(CCN1CCC(Cc2nc3cccnc3n2Cc2cccs2)CC1)C(=O)[O-]. The van der Waals surface area contributed by atoms with Crippen LogP contribution < -0.4 is 5.11 Å². The predicted octanol–water partition coefficient (Wildman–Crippen LogP) is 2.46. The summed E-state index contributed by atoms with van der Waals surface area (Å²) in [7, 11) is 0. The van der Waals surface area contributed by atoms with Crippen molar-refractivity contribution >= 4 is 28.6 Å². The van der Waals surface area contributed by atoms with Crippen LogP contribution in [-0.2, 0) is 13.0 Å². The van der Waals surface area contributed by atoms with E-state index in [4.69, 9.17) is 4.98 Å². The highest BCUT2D eigenvalue weighted by atomic mass is 32.1. The molecule has 0 N–H and O–H groups in total. The van der Waals surface area contributed by atoms with Crippen LogP contribution in [-0.4, -0.2) is 63.2 Å². The molecule has 8 heteroatoms. The Morgan fingerprint density at radius 3 is 2.83 bits per heavy atom. The zero-order chi connectivity index (χ0) is 20.9. The number of carbonyl (C=O) groups is 1. The molecule has 0 unspecified atom stereocenters. The number of likely N-dealkylation sites (tertiary alicyclic amines) is 1. The van der Waals surface area contributed by atoms with Gasteiger partial charge in [-0.3, -0.25) is 0 Å². The molecular formula is C22H28N5O2S-. The molecule has 7 nitrogen and oxygen atoms in total. The predicted molar refractivity (Wildman–Crippen MR) is 116 cm³/mol. The maximum absolute atomic E-state index is 11.1. The van der Waals surface area contributed by atoms with Crippen molar-refractivity contribution < 1.29 is 9.90 Å². The summed E-state index contributed by atoms with van der Waals surface area (Å²) in [6.45, 7) is 6.43. The number of rotatable bonds is 8. The van der Waals surface area contributed by atoms with Crippen LogP contribution in [0.25, 0.3) is 11.2 Å². The first kappa shape index (κ1) is 20.8. The van der Waals surface area contributed by atoms with E-state index < -0.39 is 6.09 Å². The van der Waals surface area contributed by atoms with Gasteiger partial charge in [0.15, 0.2) is 5.65 Å². The van der Waals surface area contributed by atoms with E-state index in [9.17, 15) is 9.90 Å². The molecule has 0 saturated carbocycles. The Labute approximate surface area is 181 Å². The normalized spacial score (nSPS) is 15.6. The van der Waals surface area contributed by atoms with Crippen LogP contribution in [0.1, 0.15) is 30.5 Å². The summed E-state index contributed by atoms with van der Waals surface area (Å²) in [6, 6.07) is 8.23. The molecule has 0 aliphatic carbocycles. The Bertz CT molecular complexity index is 963. The number of hydrogen-bond acceptors (Lipinski definition) is 6. The van der Waals surface area contributed by atoms with Gasteiger partial charge in [-0.15, -0.1) is 11.3 Å². The maximum atomic E-state index is 11.1. The number of hydrogen-bond donors (Lipinski definition) is 0. The fourth-order valence-corrected chi connectivity index (χ4v) is 4.89. The summed E-state index contributed by atoms with van der Waals surface area (Å²) in [5, 5.41) is 13.2. The van der Waals surface area contributed by atoms with Gasteiger partial charge in [0.05, 0.1) is 6.54 Å². The van der Waals surface area contributed by atoms with Crippen molar-refractivity contribution in [2.24, 2.45) is 5.92 Å². The molecule has 0 aromatic carbocycles. The Morgan fingerprint density at radius 2 is 2.13 bits per heavy atom. The Kier molecular flexibility index (Phi) is 6.64. The second-order valence-corrected chi connectivity index (χ2v) is 8.91. The molecule has 4 heterocycles. The quantitative estimate of drug-likeness (QED) is 0.553. The van der Waals surface area contributed by atoms with E-state index in [0.717, 1.165) is 62.4 Å². The molecule has 3 aromatic heterocycles. The molecule has 1 amide bonds. The molecule has 1 saturated heterocycles. The third-order valence-corrected chi connectivity index (χ3v) is 6.84. The Hall–Kier alpha value is -2.45. The highest BCUT2D eigenvalue weighted by Gasteiger charge is 2.23. The van der Waals surface area contributed by atoms with Gasteiger partial charge in [-0.1, -0.05) is 6.07 Å². The second-order valence-electron chi connectivity index (χ2n) is 7.87. The average Bonchev–Trinajstić information content (AvgIpc) is 3.38. The van der Waals surface area contributed by atoms with Gasteiger partial charge in [0, 0.05) is 37.1 Å². The molecule has 0 radical (unpaired) electrons. The summed E-state index contributed by atoms with van der Waals surface area (Å²) < 4.78 is 2.27. The first-order chi connectivity index (χ1) is 14.6. The molecule has 30 heavy (non-hydrogen) atoms. The van der Waals surface area contributed by atoms with Crippen molar-refractivity contribution in [1.29, 1.82) is 0 Å². The lowest BCUT2D eigenvalue weighted by atomic mass is 9.93. The number of imidazole rings is 1. The number of carbonyl (C=O) groups excluding carboxylic acids is 1. The third kappa shape index (κ3) is 4.82. The number of aromatic nitrogens is 3. The summed E-state index contributed by atoms with van der Waals surface area (Å²) >= 11 is 1.76. The third-order valence-electron chi connectivity index (χ3n) is 5.98.